The molecule has 2 heterocycles. The highest BCUT2D eigenvalue weighted by atomic mass is 16.5. The Balaban J connectivity index is 1.26. The van der Waals surface area contributed by atoms with Gasteiger partial charge >= 0.3 is 5.97 Å². The van der Waals surface area contributed by atoms with Crippen LogP contribution in [0.25, 0.3) is 11.5 Å². The van der Waals surface area contributed by atoms with E-state index in [4.69, 9.17) is 13.9 Å². The molecule has 6 nitrogen and oxygen atoms in total. The Morgan fingerprint density at radius 1 is 1.11 bits per heavy atom. The second kappa shape index (κ2) is 8.71. The average Bonchev–Trinajstić information content (AvgIpc) is 3.44. The number of carbonyl (C=O) groups is 1. The van der Waals surface area contributed by atoms with Crippen LogP contribution in [-0.4, -0.2) is 23.5 Å². The summed E-state index contributed by atoms with van der Waals surface area (Å²) >= 11 is 0. The summed E-state index contributed by atoms with van der Waals surface area (Å²) in [5.41, 5.74) is 2.58. The number of rotatable bonds is 7. The Bertz CT molecular complexity index is 900. The molecule has 0 radical (unpaired) electrons. The summed E-state index contributed by atoms with van der Waals surface area (Å²) < 4.78 is 16.6. The molecule has 0 saturated carbocycles. The number of hydrogen-bond donors (Lipinski definition) is 1. The summed E-state index contributed by atoms with van der Waals surface area (Å²) in [5.74, 6) is 1.11. The van der Waals surface area contributed by atoms with Crippen LogP contribution in [0.3, 0.4) is 0 Å². The Morgan fingerprint density at radius 3 is 2.68 bits per heavy atom. The molecule has 3 aromatic rings. The van der Waals surface area contributed by atoms with Crippen LogP contribution in [0.5, 0.6) is 5.75 Å². The molecule has 2 aromatic carbocycles. The van der Waals surface area contributed by atoms with Crippen LogP contribution in [0, 0.1) is 0 Å². The third-order valence-electron chi connectivity index (χ3n) is 4.61. The molecule has 1 aliphatic heterocycles. The third kappa shape index (κ3) is 4.58. The van der Waals surface area contributed by atoms with E-state index in [1.54, 1.807) is 6.26 Å². The fraction of sp³-hybridized carbons (Fsp3) is 0.273. The number of nitrogens with one attached hydrogen (secondary N) is 1. The van der Waals surface area contributed by atoms with E-state index in [2.05, 4.69) is 10.3 Å². The van der Waals surface area contributed by atoms with Gasteiger partial charge in [-0.3, -0.25) is 4.79 Å². The smallest absolute Gasteiger partial charge is 0.323 e. The van der Waals surface area contributed by atoms with Crippen molar-refractivity contribution in [2.24, 2.45) is 0 Å². The highest BCUT2D eigenvalue weighted by molar-refractivity contribution is 5.76. The minimum absolute atomic E-state index is 0.161. The topological polar surface area (TPSA) is 73.6 Å². The SMILES string of the molecule is O=C(OCc1ccc(OCc2coc(-c3ccccc3)n2)cc1)C1CCCN1. The van der Waals surface area contributed by atoms with Gasteiger partial charge in [0.05, 0.1) is 0 Å². The van der Waals surface area contributed by atoms with Gasteiger partial charge in [-0.05, 0) is 49.2 Å². The van der Waals surface area contributed by atoms with Gasteiger partial charge in [-0.1, -0.05) is 30.3 Å². The van der Waals surface area contributed by atoms with Crippen LogP contribution in [0.1, 0.15) is 24.1 Å². The molecule has 144 valence electrons. The molecule has 1 atom stereocenters. The number of hydrogen-bond acceptors (Lipinski definition) is 6. The second-order valence-electron chi connectivity index (χ2n) is 6.70. The summed E-state index contributed by atoms with van der Waals surface area (Å²) in [5, 5.41) is 3.14. The van der Waals surface area contributed by atoms with E-state index in [0.717, 1.165) is 42.0 Å². The lowest BCUT2D eigenvalue weighted by atomic mass is 10.2. The van der Waals surface area contributed by atoms with Crippen LogP contribution < -0.4 is 10.1 Å². The zero-order chi connectivity index (χ0) is 19.2. The molecule has 1 aliphatic rings. The number of carbonyl (C=O) groups excluding carboxylic acids is 1. The minimum atomic E-state index is -0.182. The zero-order valence-corrected chi connectivity index (χ0v) is 15.5. The van der Waals surface area contributed by atoms with Crippen molar-refractivity contribution in [1.82, 2.24) is 10.3 Å². The van der Waals surface area contributed by atoms with Crippen LogP contribution >= 0.6 is 0 Å². The van der Waals surface area contributed by atoms with Crippen molar-refractivity contribution < 1.29 is 18.7 Å². The highest BCUT2D eigenvalue weighted by Gasteiger charge is 2.23. The molecule has 1 unspecified atom stereocenters. The van der Waals surface area contributed by atoms with Gasteiger partial charge in [-0.2, -0.15) is 0 Å². The van der Waals surface area contributed by atoms with Crippen LogP contribution in [0.15, 0.2) is 65.3 Å². The monoisotopic (exact) mass is 378 g/mol. The number of nitrogens with zero attached hydrogens (tertiary/aromatic N) is 1. The van der Waals surface area contributed by atoms with Gasteiger partial charge in [0.1, 0.15) is 37.0 Å². The third-order valence-corrected chi connectivity index (χ3v) is 4.61. The number of esters is 1. The molecule has 0 bridgehead atoms. The molecule has 1 saturated heterocycles. The van der Waals surface area contributed by atoms with Crippen molar-refractivity contribution in [1.29, 1.82) is 0 Å². The Kier molecular flexibility index (Phi) is 5.68. The number of oxazole rings is 1. The Labute approximate surface area is 163 Å². The van der Waals surface area contributed by atoms with E-state index < -0.39 is 0 Å². The summed E-state index contributed by atoms with van der Waals surface area (Å²) in [6.07, 6.45) is 3.47. The molecule has 1 fully saturated rings. The van der Waals surface area contributed by atoms with Crippen LogP contribution in [0.2, 0.25) is 0 Å². The number of aromatic nitrogens is 1. The molecular weight excluding hydrogens is 356 g/mol. The molecule has 28 heavy (non-hydrogen) atoms. The van der Waals surface area contributed by atoms with Crippen LogP contribution in [0.4, 0.5) is 0 Å². The summed E-state index contributed by atoms with van der Waals surface area (Å²) in [6, 6.07) is 17.1. The first-order valence-corrected chi connectivity index (χ1v) is 9.39. The molecule has 0 spiro atoms. The van der Waals surface area contributed by atoms with Gasteiger partial charge in [0.25, 0.3) is 0 Å². The van der Waals surface area contributed by atoms with E-state index >= 15 is 0 Å². The van der Waals surface area contributed by atoms with Crippen molar-refractivity contribution in [2.45, 2.75) is 32.1 Å². The standard InChI is InChI=1S/C22H22N2O4/c25-22(20-7-4-12-23-20)28-13-16-8-10-19(11-9-16)26-14-18-15-27-21(24-18)17-5-2-1-3-6-17/h1-3,5-6,8-11,15,20,23H,4,7,12-14H2. The molecule has 1 aromatic heterocycles. The molecule has 0 amide bonds. The van der Waals surface area contributed by atoms with E-state index in [-0.39, 0.29) is 18.6 Å². The maximum Gasteiger partial charge on any atom is 0.323 e. The molecule has 4 rings (SSSR count). The lowest BCUT2D eigenvalue weighted by Crippen LogP contribution is -2.32. The zero-order valence-electron chi connectivity index (χ0n) is 15.5. The number of benzene rings is 2. The van der Waals surface area contributed by atoms with Gasteiger partial charge in [-0.25, -0.2) is 4.98 Å². The summed E-state index contributed by atoms with van der Waals surface area (Å²) in [4.78, 5) is 16.4. The maximum absolute atomic E-state index is 11.9. The maximum atomic E-state index is 11.9. The molecule has 1 N–H and O–H groups in total. The first-order chi connectivity index (χ1) is 13.8. The molecular formula is C22H22N2O4. The average molecular weight is 378 g/mol. The molecule has 0 aliphatic carbocycles. The van der Waals surface area contributed by atoms with Gasteiger partial charge < -0.3 is 19.2 Å². The Morgan fingerprint density at radius 2 is 1.93 bits per heavy atom. The number of ether oxygens (including phenoxy) is 2. The fourth-order valence-electron chi connectivity index (χ4n) is 3.07. The lowest BCUT2D eigenvalue weighted by molar-refractivity contribution is -0.147. The molecule has 6 heteroatoms. The van der Waals surface area contributed by atoms with Crippen molar-refractivity contribution in [2.75, 3.05) is 6.54 Å². The normalized spacial score (nSPS) is 16.1. The summed E-state index contributed by atoms with van der Waals surface area (Å²) in [6.45, 7) is 1.46. The minimum Gasteiger partial charge on any atom is -0.487 e. The highest BCUT2D eigenvalue weighted by Crippen LogP contribution is 2.20. The van der Waals surface area contributed by atoms with Crippen molar-refractivity contribution in [3.05, 3.63) is 72.1 Å². The second-order valence-corrected chi connectivity index (χ2v) is 6.70. The van der Waals surface area contributed by atoms with Crippen molar-refractivity contribution in [3.8, 4) is 17.2 Å². The summed E-state index contributed by atoms with van der Waals surface area (Å²) in [7, 11) is 0. The predicted molar refractivity (Wildman–Crippen MR) is 104 cm³/mol. The first-order valence-electron chi connectivity index (χ1n) is 9.39. The largest absolute Gasteiger partial charge is 0.487 e. The van der Waals surface area contributed by atoms with E-state index in [1.807, 2.05) is 54.6 Å². The predicted octanol–water partition coefficient (Wildman–Crippen LogP) is 3.72. The van der Waals surface area contributed by atoms with E-state index in [9.17, 15) is 4.79 Å². The van der Waals surface area contributed by atoms with E-state index in [1.165, 1.54) is 0 Å². The van der Waals surface area contributed by atoms with Gasteiger partial charge in [-0.15, -0.1) is 0 Å². The quantitative estimate of drug-likeness (QED) is 0.632. The van der Waals surface area contributed by atoms with Crippen molar-refractivity contribution >= 4 is 5.97 Å². The lowest BCUT2D eigenvalue weighted by Gasteiger charge is -2.10. The fourth-order valence-corrected chi connectivity index (χ4v) is 3.07. The van der Waals surface area contributed by atoms with Gasteiger partial charge in [0.2, 0.25) is 5.89 Å². The van der Waals surface area contributed by atoms with Gasteiger partial charge in [0.15, 0.2) is 0 Å². The van der Waals surface area contributed by atoms with Crippen LogP contribution in [-0.2, 0) is 22.7 Å². The first kappa shape index (κ1) is 18.3. The van der Waals surface area contributed by atoms with Crippen molar-refractivity contribution in [3.63, 3.8) is 0 Å². The van der Waals surface area contributed by atoms with Gasteiger partial charge in [0, 0.05) is 5.56 Å². The Hall–Kier alpha value is -3.12. The van der Waals surface area contributed by atoms with E-state index in [0.29, 0.717) is 12.5 Å².